The molecule has 8 N–H and O–H groups in total. The molecular formula is C37H54F2N8O. The Balaban J connectivity index is 0.000000297. The van der Waals surface area contributed by atoms with Crippen molar-refractivity contribution in [1.29, 1.82) is 0 Å². The molecule has 48 heavy (non-hydrogen) atoms. The number of fused-ring (bicyclic) bond motifs is 1. The van der Waals surface area contributed by atoms with Gasteiger partial charge in [0.1, 0.15) is 5.65 Å². The van der Waals surface area contributed by atoms with Crippen molar-refractivity contribution in [1.82, 2.24) is 19.9 Å². The SMILES string of the molecule is C[C@H](N)CCCc1cc(C(C)(C)C)cc(F)c1F.C[C@H](NCCCN=C(N)N)c1ccc(-n2cc3cc(C(C)(C)C)[nH]c3nc2=O)cc1. The monoisotopic (exact) mass is 664 g/mol. The second-order valence-corrected chi connectivity index (χ2v) is 14.6. The lowest BCUT2D eigenvalue weighted by molar-refractivity contribution is 0.485. The van der Waals surface area contributed by atoms with Crippen LogP contribution in [0.3, 0.4) is 0 Å². The van der Waals surface area contributed by atoms with Crippen LogP contribution in [-0.4, -0.2) is 39.6 Å². The minimum atomic E-state index is -0.752. The van der Waals surface area contributed by atoms with Gasteiger partial charge in [0.05, 0.1) is 5.69 Å². The molecule has 0 saturated heterocycles. The number of aromatic nitrogens is 3. The predicted octanol–water partition coefficient (Wildman–Crippen LogP) is 6.26. The van der Waals surface area contributed by atoms with Gasteiger partial charge in [-0.3, -0.25) is 9.56 Å². The summed E-state index contributed by atoms with van der Waals surface area (Å²) in [6.45, 7) is 17.8. The topological polar surface area (TPSA) is 153 Å². The van der Waals surface area contributed by atoms with Gasteiger partial charge in [-0.25, -0.2) is 13.6 Å². The first-order chi connectivity index (χ1) is 22.4. The van der Waals surface area contributed by atoms with E-state index in [1.165, 1.54) is 6.07 Å². The molecule has 0 aliphatic rings. The zero-order valence-electron chi connectivity index (χ0n) is 29.8. The van der Waals surface area contributed by atoms with E-state index in [1.54, 1.807) is 10.6 Å². The average Bonchev–Trinajstić information content (AvgIpc) is 3.42. The van der Waals surface area contributed by atoms with Gasteiger partial charge < -0.3 is 27.5 Å². The van der Waals surface area contributed by atoms with Crippen LogP contribution in [0, 0.1) is 11.6 Å². The van der Waals surface area contributed by atoms with Gasteiger partial charge in [-0.2, -0.15) is 4.98 Å². The van der Waals surface area contributed by atoms with Gasteiger partial charge in [0.2, 0.25) is 0 Å². The van der Waals surface area contributed by atoms with E-state index in [4.69, 9.17) is 17.2 Å². The van der Waals surface area contributed by atoms with Crippen LogP contribution in [-0.2, 0) is 17.3 Å². The van der Waals surface area contributed by atoms with Crippen molar-refractivity contribution in [3.05, 3.63) is 93.2 Å². The van der Waals surface area contributed by atoms with Gasteiger partial charge in [0, 0.05) is 41.3 Å². The average molecular weight is 665 g/mol. The standard InChI is InChI=1S/C22H31N7O.C15H23F2N/c1-14(25-10-5-11-26-20(23)24)15-6-8-17(9-7-15)29-13-16-12-18(22(2,3)4)27-19(16)28-21(29)30;1-10(18)6-5-7-11-8-12(15(2,3)4)9-13(16)14(11)17/h6-9,12-14,25H,5,10-11H2,1-4H3,(H4,23,24,26)(H,27,28,30);8-10H,5-7,18H2,1-4H3/t14-;10-/m00/s1. The maximum absolute atomic E-state index is 13.7. The molecule has 4 aromatic rings. The number of aromatic amines is 1. The highest BCUT2D eigenvalue weighted by atomic mass is 19.2. The number of H-pyrrole nitrogens is 1. The smallest absolute Gasteiger partial charge is 0.354 e. The summed E-state index contributed by atoms with van der Waals surface area (Å²) in [5, 5.41) is 4.36. The highest BCUT2D eigenvalue weighted by molar-refractivity contribution is 5.76. The number of aryl methyl sites for hydroxylation is 1. The number of nitrogens with two attached hydrogens (primary N) is 3. The molecule has 0 unspecified atom stereocenters. The molecule has 2 heterocycles. The molecule has 2 atom stereocenters. The predicted molar refractivity (Wildman–Crippen MR) is 194 cm³/mol. The van der Waals surface area contributed by atoms with E-state index in [0.717, 1.165) is 53.7 Å². The summed E-state index contributed by atoms with van der Waals surface area (Å²) in [6, 6.07) is 13.3. The van der Waals surface area contributed by atoms with Gasteiger partial charge in [0.25, 0.3) is 0 Å². The Kier molecular flexibility index (Phi) is 13.1. The third-order valence-corrected chi connectivity index (χ3v) is 8.14. The van der Waals surface area contributed by atoms with Crippen molar-refractivity contribution in [2.45, 2.75) is 104 Å². The number of benzene rings is 2. The third-order valence-electron chi connectivity index (χ3n) is 8.14. The lowest BCUT2D eigenvalue weighted by Crippen LogP contribution is -2.24. The van der Waals surface area contributed by atoms with Gasteiger partial charge in [-0.15, -0.1) is 0 Å². The Morgan fingerprint density at radius 3 is 2.25 bits per heavy atom. The lowest BCUT2D eigenvalue weighted by Gasteiger charge is -2.20. The number of guanidine groups is 1. The van der Waals surface area contributed by atoms with Crippen molar-refractivity contribution in [3.63, 3.8) is 0 Å². The minimum absolute atomic E-state index is 0.0390. The number of rotatable bonds is 11. The number of hydrogen-bond acceptors (Lipinski definition) is 5. The first-order valence-electron chi connectivity index (χ1n) is 16.6. The zero-order valence-corrected chi connectivity index (χ0v) is 29.8. The first-order valence-corrected chi connectivity index (χ1v) is 16.6. The van der Waals surface area contributed by atoms with Crippen molar-refractivity contribution < 1.29 is 8.78 Å². The Labute approximate surface area is 283 Å². The van der Waals surface area contributed by atoms with Crippen molar-refractivity contribution in [3.8, 4) is 5.69 Å². The molecule has 0 spiro atoms. The fraction of sp³-hybridized carbons (Fsp3) is 0.486. The van der Waals surface area contributed by atoms with Crippen molar-refractivity contribution in [2.24, 2.45) is 22.2 Å². The molecule has 2 aromatic carbocycles. The molecule has 9 nitrogen and oxygen atoms in total. The molecule has 0 bridgehead atoms. The van der Waals surface area contributed by atoms with E-state index >= 15 is 0 Å². The van der Waals surface area contributed by atoms with Crippen LogP contribution in [0.2, 0.25) is 0 Å². The van der Waals surface area contributed by atoms with Crippen LogP contribution in [0.5, 0.6) is 0 Å². The van der Waals surface area contributed by atoms with Crippen molar-refractivity contribution >= 4 is 17.0 Å². The maximum atomic E-state index is 13.7. The fourth-order valence-corrected chi connectivity index (χ4v) is 5.11. The molecule has 262 valence electrons. The van der Waals surface area contributed by atoms with Crippen molar-refractivity contribution in [2.75, 3.05) is 13.1 Å². The van der Waals surface area contributed by atoms with Crippen LogP contribution >= 0.6 is 0 Å². The van der Waals surface area contributed by atoms with E-state index in [2.05, 4.69) is 54.0 Å². The molecule has 0 fully saturated rings. The minimum Gasteiger partial charge on any atom is -0.370 e. The fourth-order valence-electron chi connectivity index (χ4n) is 5.11. The number of halogens is 2. The van der Waals surface area contributed by atoms with Crippen LogP contribution in [0.15, 0.2) is 58.4 Å². The third kappa shape index (κ3) is 11.0. The zero-order chi connectivity index (χ0) is 35.8. The normalized spacial score (nSPS) is 13.1. The maximum Gasteiger partial charge on any atom is 0.354 e. The Morgan fingerprint density at radius 2 is 1.67 bits per heavy atom. The molecule has 0 aliphatic carbocycles. The quantitative estimate of drug-likeness (QED) is 0.0725. The van der Waals surface area contributed by atoms with E-state index in [-0.39, 0.29) is 34.6 Å². The summed E-state index contributed by atoms with van der Waals surface area (Å²) in [5.74, 6) is -1.35. The van der Waals surface area contributed by atoms with Gasteiger partial charge >= 0.3 is 5.69 Å². The number of nitrogens with zero attached hydrogens (tertiary/aromatic N) is 3. The van der Waals surface area contributed by atoms with Crippen LogP contribution < -0.4 is 28.2 Å². The molecule has 0 aliphatic heterocycles. The van der Waals surface area contributed by atoms with Crippen LogP contribution in [0.4, 0.5) is 8.78 Å². The molecule has 0 saturated carbocycles. The molecule has 0 radical (unpaired) electrons. The number of aliphatic imine (C=N–C) groups is 1. The van der Waals surface area contributed by atoms with E-state index in [9.17, 15) is 13.6 Å². The second kappa shape index (κ2) is 16.3. The summed E-state index contributed by atoms with van der Waals surface area (Å²) in [7, 11) is 0. The molecule has 11 heteroatoms. The first kappa shape index (κ1) is 38.4. The Morgan fingerprint density at radius 1 is 1.00 bits per heavy atom. The molecule has 0 amide bonds. The van der Waals surface area contributed by atoms with Gasteiger partial charge in [-0.1, -0.05) is 59.7 Å². The summed E-state index contributed by atoms with van der Waals surface area (Å²) >= 11 is 0. The summed E-state index contributed by atoms with van der Waals surface area (Å²) in [5.41, 5.74) is 20.7. The number of hydrogen-bond donors (Lipinski definition) is 5. The summed E-state index contributed by atoms with van der Waals surface area (Å²) < 4.78 is 28.8. The highest BCUT2D eigenvalue weighted by Gasteiger charge is 2.20. The lowest BCUT2D eigenvalue weighted by atomic mass is 9.85. The molecular weight excluding hydrogens is 610 g/mol. The van der Waals surface area contributed by atoms with E-state index in [0.29, 0.717) is 24.2 Å². The highest BCUT2D eigenvalue weighted by Crippen LogP contribution is 2.27. The van der Waals surface area contributed by atoms with E-state index < -0.39 is 11.6 Å². The molecule has 2 aromatic heterocycles. The summed E-state index contributed by atoms with van der Waals surface area (Å²) in [6.07, 6.45) is 4.84. The van der Waals surface area contributed by atoms with E-state index in [1.807, 2.05) is 58.2 Å². The number of nitrogens with one attached hydrogen (secondary N) is 2. The van der Waals surface area contributed by atoms with Crippen LogP contribution in [0.1, 0.15) is 103 Å². The largest absolute Gasteiger partial charge is 0.370 e. The second-order valence-electron chi connectivity index (χ2n) is 14.6. The summed E-state index contributed by atoms with van der Waals surface area (Å²) in [4.78, 5) is 24.0. The van der Waals surface area contributed by atoms with Gasteiger partial charge in [0.15, 0.2) is 17.6 Å². The Hall–Kier alpha value is -4.09. The Bertz CT molecular complexity index is 1720. The van der Waals surface area contributed by atoms with Gasteiger partial charge in [-0.05, 0) is 92.4 Å². The van der Waals surface area contributed by atoms with Crippen LogP contribution in [0.25, 0.3) is 16.7 Å². The molecule has 4 rings (SSSR count).